The second-order valence-electron chi connectivity index (χ2n) is 11.5. The van der Waals surface area contributed by atoms with Crippen molar-refractivity contribution in [1.29, 1.82) is 0 Å². The first-order chi connectivity index (χ1) is 19.6. The number of nitrogens with one attached hydrogen (secondary N) is 2. The van der Waals surface area contributed by atoms with Gasteiger partial charge in [-0.05, 0) is 54.4 Å². The molecule has 0 radical (unpaired) electrons. The predicted molar refractivity (Wildman–Crippen MR) is 157 cm³/mol. The van der Waals surface area contributed by atoms with Gasteiger partial charge in [0.2, 0.25) is 5.91 Å². The van der Waals surface area contributed by atoms with E-state index in [1.807, 2.05) is 56.5 Å². The first kappa shape index (κ1) is 30.2. The standard InChI is InChI=1S/C33H40N2O6/c1-19(15-20(2)18-36)9-8-11-25-31(39)22(4)21(3)30-27(16-23-17-34-26-12-7-6-10-24(23)26)35-32(40)33(25,30)28(37)13-14-29(38)41-5/h6-8,10-12,15,17-19,21,25,27,30-31,34,39H,4,9,13-14,16H2,1-3,5H3,(H,35,40)/b11-8+,20-15+/t19?,21-,25+,27+,30+,31-,33-/m1/s1. The minimum absolute atomic E-state index is 0.0353. The van der Waals surface area contributed by atoms with E-state index in [4.69, 9.17) is 4.74 Å². The van der Waals surface area contributed by atoms with Crippen LogP contribution in [0.2, 0.25) is 0 Å². The predicted octanol–water partition coefficient (Wildman–Crippen LogP) is 4.24. The van der Waals surface area contributed by atoms with Crippen molar-refractivity contribution in [3.05, 3.63) is 72.0 Å². The minimum atomic E-state index is -1.58. The lowest BCUT2D eigenvalue weighted by Gasteiger charge is -2.49. The van der Waals surface area contributed by atoms with E-state index in [1.165, 1.54) is 7.11 Å². The topological polar surface area (TPSA) is 126 Å². The third kappa shape index (κ3) is 5.58. The van der Waals surface area contributed by atoms with Gasteiger partial charge in [-0.3, -0.25) is 19.2 Å². The maximum atomic E-state index is 14.2. The molecule has 1 unspecified atom stereocenters. The second kappa shape index (κ2) is 12.4. The molecular formula is C33H40N2O6. The number of aromatic amines is 1. The van der Waals surface area contributed by atoms with Crippen molar-refractivity contribution in [3.63, 3.8) is 0 Å². The van der Waals surface area contributed by atoms with Crippen LogP contribution in [0.25, 0.3) is 10.9 Å². The molecule has 1 aliphatic carbocycles. The number of H-pyrrole nitrogens is 1. The molecule has 0 bridgehead atoms. The Morgan fingerprint density at radius 3 is 2.68 bits per heavy atom. The zero-order chi connectivity index (χ0) is 29.9. The fraction of sp³-hybridized carbons (Fsp3) is 0.455. The van der Waals surface area contributed by atoms with Crippen molar-refractivity contribution in [2.75, 3.05) is 7.11 Å². The number of amides is 1. The van der Waals surface area contributed by atoms with E-state index >= 15 is 0 Å². The molecule has 8 heteroatoms. The van der Waals surface area contributed by atoms with Gasteiger partial charge in [-0.25, -0.2) is 0 Å². The van der Waals surface area contributed by atoms with Gasteiger partial charge < -0.3 is 20.1 Å². The largest absolute Gasteiger partial charge is 0.469 e. The average molecular weight is 561 g/mol. The Balaban J connectivity index is 1.76. The smallest absolute Gasteiger partial charge is 0.305 e. The summed E-state index contributed by atoms with van der Waals surface area (Å²) in [6.45, 7) is 9.82. The molecule has 7 atom stereocenters. The second-order valence-corrected chi connectivity index (χ2v) is 11.5. The number of hydrogen-bond acceptors (Lipinski definition) is 6. The van der Waals surface area contributed by atoms with E-state index in [1.54, 1.807) is 13.0 Å². The summed E-state index contributed by atoms with van der Waals surface area (Å²) in [5.41, 5.74) is 1.62. The van der Waals surface area contributed by atoms with Crippen LogP contribution in [0.4, 0.5) is 0 Å². The molecule has 1 saturated heterocycles. The van der Waals surface area contributed by atoms with Gasteiger partial charge in [0.25, 0.3) is 0 Å². The number of carbonyl (C=O) groups is 4. The maximum Gasteiger partial charge on any atom is 0.305 e. The summed E-state index contributed by atoms with van der Waals surface area (Å²) in [6.07, 6.45) is 7.80. The molecule has 1 aliphatic heterocycles. The number of benzene rings is 1. The number of rotatable bonds is 11. The quantitative estimate of drug-likeness (QED) is 0.124. The highest BCUT2D eigenvalue weighted by molar-refractivity contribution is 6.10. The molecule has 2 aromatic rings. The van der Waals surface area contributed by atoms with Crippen LogP contribution in [-0.2, 0) is 30.3 Å². The van der Waals surface area contributed by atoms with Gasteiger partial charge in [0.15, 0.2) is 0 Å². The lowest BCUT2D eigenvalue weighted by Crippen LogP contribution is -2.58. The summed E-state index contributed by atoms with van der Waals surface area (Å²) in [4.78, 5) is 54.6. The SMILES string of the molecule is C=C1[C@@H](C)[C@H]2[C@H](Cc3c[nH]c4ccccc34)NC(=O)[C@@]2(C(=O)CCC(=O)OC)[C@@H](/C=C/CC(C)/C=C(\C)C=O)[C@@H]1O. The van der Waals surface area contributed by atoms with E-state index in [0.29, 0.717) is 24.0 Å². The molecule has 218 valence electrons. The fourth-order valence-electron chi connectivity index (χ4n) is 6.93. The Kier molecular flexibility index (Phi) is 9.12. The molecule has 1 aromatic carbocycles. The number of esters is 1. The molecular weight excluding hydrogens is 520 g/mol. The molecule has 1 aromatic heterocycles. The number of aliphatic hydroxyl groups is 1. The number of allylic oxidation sites excluding steroid dienone is 3. The average Bonchev–Trinajstić information content (AvgIpc) is 3.50. The van der Waals surface area contributed by atoms with Gasteiger partial charge in [-0.1, -0.05) is 56.9 Å². The molecule has 1 amide bonds. The molecule has 0 spiro atoms. The van der Waals surface area contributed by atoms with Crippen molar-refractivity contribution in [3.8, 4) is 0 Å². The number of methoxy groups -OCH3 is 1. The van der Waals surface area contributed by atoms with Gasteiger partial charge >= 0.3 is 5.97 Å². The summed E-state index contributed by atoms with van der Waals surface area (Å²) < 4.78 is 4.77. The van der Waals surface area contributed by atoms with E-state index in [2.05, 4.69) is 16.9 Å². The van der Waals surface area contributed by atoms with Crippen molar-refractivity contribution in [1.82, 2.24) is 10.3 Å². The number of ether oxygens (including phenoxy) is 1. The number of aromatic nitrogens is 1. The molecule has 3 N–H and O–H groups in total. The van der Waals surface area contributed by atoms with E-state index in [0.717, 1.165) is 22.8 Å². The first-order valence-electron chi connectivity index (χ1n) is 14.2. The number of carbonyl (C=O) groups excluding carboxylic acids is 4. The number of fused-ring (bicyclic) bond motifs is 2. The highest BCUT2D eigenvalue weighted by atomic mass is 16.5. The number of Topliss-reactive ketones (excluding diaryl/α,β-unsaturated/α-hetero) is 1. The van der Waals surface area contributed by atoms with Crippen molar-refractivity contribution in [2.24, 2.45) is 29.1 Å². The highest BCUT2D eigenvalue weighted by Crippen LogP contribution is 2.57. The molecule has 41 heavy (non-hydrogen) atoms. The van der Waals surface area contributed by atoms with Crippen LogP contribution in [0.1, 0.15) is 45.6 Å². The number of ketones is 1. The Bertz CT molecular complexity index is 1400. The van der Waals surface area contributed by atoms with Crippen molar-refractivity contribution >= 4 is 34.8 Å². The van der Waals surface area contributed by atoms with E-state index < -0.39 is 41.3 Å². The number of aldehydes is 1. The minimum Gasteiger partial charge on any atom is -0.469 e. The van der Waals surface area contributed by atoms with Crippen LogP contribution >= 0.6 is 0 Å². The summed E-state index contributed by atoms with van der Waals surface area (Å²) in [5.74, 6) is -3.01. The Morgan fingerprint density at radius 2 is 1.98 bits per heavy atom. The van der Waals surface area contributed by atoms with Crippen molar-refractivity contribution in [2.45, 2.75) is 58.6 Å². The molecule has 2 aliphatic rings. The summed E-state index contributed by atoms with van der Waals surface area (Å²) in [6, 6.07) is 7.53. The normalized spacial score (nSPS) is 28.9. The first-order valence-corrected chi connectivity index (χ1v) is 14.2. The van der Waals surface area contributed by atoms with Crippen LogP contribution in [-0.4, -0.2) is 53.3 Å². The Labute approximate surface area is 240 Å². The summed E-state index contributed by atoms with van der Waals surface area (Å²) >= 11 is 0. The van der Waals surface area contributed by atoms with Gasteiger partial charge in [-0.2, -0.15) is 0 Å². The lowest BCUT2D eigenvalue weighted by atomic mass is 9.51. The number of hydrogen-bond donors (Lipinski definition) is 3. The lowest BCUT2D eigenvalue weighted by molar-refractivity contribution is -0.153. The summed E-state index contributed by atoms with van der Waals surface area (Å²) in [7, 11) is 1.26. The van der Waals surface area contributed by atoms with Gasteiger partial charge in [0.1, 0.15) is 17.5 Å². The summed E-state index contributed by atoms with van der Waals surface area (Å²) in [5, 5.41) is 15.7. The molecule has 2 heterocycles. The fourth-order valence-corrected chi connectivity index (χ4v) is 6.93. The Morgan fingerprint density at radius 1 is 1.24 bits per heavy atom. The maximum absolute atomic E-state index is 14.2. The zero-order valence-corrected chi connectivity index (χ0v) is 24.2. The molecule has 2 fully saturated rings. The highest BCUT2D eigenvalue weighted by Gasteiger charge is 2.68. The molecule has 8 nitrogen and oxygen atoms in total. The van der Waals surface area contributed by atoms with Crippen LogP contribution in [0, 0.1) is 29.1 Å². The van der Waals surface area contributed by atoms with E-state index in [9.17, 15) is 24.3 Å². The molecule has 4 rings (SSSR count). The van der Waals surface area contributed by atoms with Crippen LogP contribution in [0.15, 0.2) is 66.4 Å². The van der Waals surface area contributed by atoms with Gasteiger partial charge in [0, 0.05) is 41.4 Å². The molecule has 1 saturated carbocycles. The van der Waals surface area contributed by atoms with Crippen LogP contribution in [0.5, 0.6) is 0 Å². The third-order valence-electron chi connectivity index (χ3n) is 8.97. The van der Waals surface area contributed by atoms with Crippen LogP contribution in [0.3, 0.4) is 0 Å². The zero-order valence-electron chi connectivity index (χ0n) is 24.2. The number of para-hydroxylation sites is 1. The van der Waals surface area contributed by atoms with Crippen LogP contribution < -0.4 is 5.32 Å². The van der Waals surface area contributed by atoms with Gasteiger partial charge in [0.05, 0.1) is 19.6 Å². The number of aliphatic hydroxyl groups excluding tert-OH is 1. The van der Waals surface area contributed by atoms with E-state index in [-0.39, 0.29) is 30.5 Å². The monoisotopic (exact) mass is 560 g/mol. The van der Waals surface area contributed by atoms with Gasteiger partial charge in [-0.15, -0.1) is 0 Å². The Hall–Kier alpha value is -3.78. The third-order valence-corrected chi connectivity index (χ3v) is 8.97. The van der Waals surface area contributed by atoms with Crippen molar-refractivity contribution < 1.29 is 29.0 Å².